The van der Waals surface area contributed by atoms with Crippen molar-refractivity contribution in [1.29, 1.82) is 0 Å². The molecule has 10 nitrogen and oxygen atoms in total. The summed E-state index contributed by atoms with van der Waals surface area (Å²) in [5, 5.41) is 15.9. The number of aliphatic hydroxyl groups excluding tert-OH is 1. The van der Waals surface area contributed by atoms with Crippen LogP contribution in [0.15, 0.2) is 61.1 Å². The van der Waals surface area contributed by atoms with Gasteiger partial charge in [-0.15, -0.1) is 0 Å². The standard InChI is InChI=1S/C27H27ClFN5O5/c28-21-10-17(3-4-22(21)29)32-27-20-11-24(33-26(36)2-1-6-34-7-5-18(34)13-35)25(12-23(20)30-16-31-27)39-15-19-14-37-8-9-38-19/h1-5,7,10-12,16,18-19,35H,6,8-9,13-15H2,(H,33,36)(H,30,31,32)/b2-1+/t18?,19-/m0/s1. The Hall–Kier alpha value is -3.77. The van der Waals surface area contributed by atoms with E-state index >= 15 is 0 Å². The van der Waals surface area contributed by atoms with E-state index in [1.807, 2.05) is 17.2 Å². The SMILES string of the molecule is O=C(/C=C/CN1C=CC1CO)Nc1cc2c(Nc3ccc(F)c(Cl)c3)ncnc2cc1OC[C@@H]1COCCO1. The third-order valence-corrected chi connectivity index (χ3v) is 6.47. The Labute approximate surface area is 229 Å². The van der Waals surface area contributed by atoms with Crippen LogP contribution in [-0.4, -0.2) is 77.6 Å². The molecule has 0 radical (unpaired) electrons. The second-order valence-corrected chi connectivity index (χ2v) is 9.31. The van der Waals surface area contributed by atoms with Crippen molar-refractivity contribution in [3.05, 3.63) is 71.9 Å². The average Bonchev–Trinajstić information content (AvgIpc) is 2.92. The Morgan fingerprint density at radius 1 is 1.28 bits per heavy atom. The summed E-state index contributed by atoms with van der Waals surface area (Å²) in [7, 11) is 0. The molecular formula is C27H27ClFN5O5. The zero-order chi connectivity index (χ0) is 27.2. The van der Waals surface area contributed by atoms with Gasteiger partial charge in [0.15, 0.2) is 0 Å². The van der Waals surface area contributed by atoms with Gasteiger partial charge in [-0.2, -0.15) is 0 Å². The Morgan fingerprint density at radius 2 is 2.18 bits per heavy atom. The van der Waals surface area contributed by atoms with Crippen LogP contribution in [-0.2, 0) is 14.3 Å². The minimum atomic E-state index is -0.529. The smallest absolute Gasteiger partial charge is 0.248 e. The van der Waals surface area contributed by atoms with Crippen molar-refractivity contribution in [2.45, 2.75) is 12.1 Å². The first kappa shape index (κ1) is 26.8. The van der Waals surface area contributed by atoms with Crippen LogP contribution < -0.4 is 15.4 Å². The van der Waals surface area contributed by atoms with Gasteiger partial charge in [0.05, 0.1) is 48.7 Å². The molecule has 2 aliphatic rings. The highest BCUT2D eigenvalue weighted by atomic mass is 35.5. The molecule has 2 atom stereocenters. The van der Waals surface area contributed by atoms with Crippen LogP contribution in [0.25, 0.3) is 10.9 Å². The number of hydrogen-bond acceptors (Lipinski definition) is 9. The molecule has 1 aromatic heterocycles. The van der Waals surface area contributed by atoms with Crippen LogP contribution in [0.2, 0.25) is 5.02 Å². The van der Waals surface area contributed by atoms with Crippen molar-refractivity contribution in [2.75, 3.05) is 50.2 Å². The minimum Gasteiger partial charge on any atom is -0.489 e. The predicted octanol–water partition coefficient (Wildman–Crippen LogP) is 3.65. The lowest BCUT2D eigenvalue weighted by atomic mass is 10.1. The molecule has 0 bridgehead atoms. The number of benzene rings is 2. The molecule has 0 aliphatic carbocycles. The molecule has 3 aromatic rings. The van der Waals surface area contributed by atoms with Crippen LogP contribution in [0.5, 0.6) is 5.75 Å². The van der Waals surface area contributed by atoms with Crippen molar-refractivity contribution in [3.8, 4) is 5.75 Å². The molecule has 2 aliphatic heterocycles. The lowest BCUT2D eigenvalue weighted by molar-refractivity contribution is -0.112. The second-order valence-electron chi connectivity index (χ2n) is 8.90. The Bertz CT molecular complexity index is 1400. The maximum atomic E-state index is 13.6. The van der Waals surface area contributed by atoms with Crippen molar-refractivity contribution in [1.82, 2.24) is 14.9 Å². The number of aliphatic hydroxyl groups is 1. The van der Waals surface area contributed by atoms with Gasteiger partial charge in [-0.3, -0.25) is 4.79 Å². The number of aromatic nitrogens is 2. The number of carbonyl (C=O) groups excluding carboxylic acids is 1. The number of nitrogens with one attached hydrogen (secondary N) is 2. The Balaban J connectivity index is 1.39. The molecule has 5 rings (SSSR count). The molecule has 39 heavy (non-hydrogen) atoms. The van der Waals surface area contributed by atoms with E-state index in [0.29, 0.717) is 60.2 Å². The summed E-state index contributed by atoms with van der Waals surface area (Å²) >= 11 is 5.93. The number of fused-ring (bicyclic) bond motifs is 1. The largest absolute Gasteiger partial charge is 0.489 e. The number of anilines is 3. The molecule has 0 saturated carbocycles. The molecule has 2 aromatic carbocycles. The van der Waals surface area contributed by atoms with Crippen molar-refractivity contribution in [2.24, 2.45) is 0 Å². The molecule has 204 valence electrons. The van der Waals surface area contributed by atoms with Crippen LogP contribution in [0, 0.1) is 5.82 Å². The van der Waals surface area contributed by atoms with Crippen molar-refractivity contribution in [3.63, 3.8) is 0 Å². The third-order valence-electron chi connectivity index (χ3n) is 6.18. The molecule has 1 unspecified atom stereocenters. The van der Waals surface area contributed by atoms with Crippen LogP contribution in [0.1, 0.15) is 0 Å². The van der Waals surface area contributed by atoms with Gasteiger partial charge < -0.3 is 34.9 Å². The molecule has 3 heterocycles. The van der Waals surface area contributed by atoms with Crippen LogP contribution in [0.4, 0.5) is 21.6 Å². The number of rotatable bonds is 10. The van der Waals surface area contributed by atoms with E-state index in [4.69, 9.17) is 25.8 Å². The Morgan fingerprint density at radius 3 is 2.92 bits per heavy atom. The summed E-state index contributed by atoms with van der Waals surface area (Å²) in [5.41, 5.74) is 1.50. The number of carbonyl (C=O) groups is 1. The molecule has 1 amide bonds. The van der Waals surface area contributed by atoms with Gasteiger partial charge in [-0.1, -0.05) is 17.7 Å². The third kappa shape index (κ3) is 6.63. The molecule has 12 heteroatoms. The van der Waals surface area contributed by atoms with Gasteiger partial charge in [0.25, 0.3) is 0 Å². The van der Waals surface area contributed by atoms with E-state index in [1.54, 1.807) is 24.3 Å². The first-order valence-corrected chi connectivity index (χ1v) is 12.7. The van der Waals surface area contributed by atoms with Gasteiger partial charge in [0, 0.05) is 29.8 Å². The van der Waals surface area contributed by atoms with E-state index in [-0.39, 0.29) is 36.3 Å². The summed E-state index contributed by atoms with van der Waals surface area (Å²) in [5.74, 6) is -0.0556. The summed E-state index contributed by atoms with van der Waals surface area (Å²) in [6.07, 6.45) is 8.04. The number of nitrogens with zero attached hydrogens (tertiary/aromatic N) is 3. The molecule has 1 saturated heterocycles. The van der Waals surface area contributed by atoms with E-state index in [9.17, 15) is 14.3 Å². The van der Waals surface area contributed by atoms with E-state index in [2.05, 4.69) is 20.6 Å². The van der Waals surface area contributed by atoms with Crippen molar-refractivity contribution < 1.29 is 28.5 Å². The first-order valence-electron chi connectivity index (χ1n) is 12.4. The van der Waals surface area contributed by atoms with Crippen LogP contribution in [0.3, 0.4) is 0 Å². The second kappa shape index (κ2) is 12.4. The normalized spacial score (nSPS) is 18.8. The highest BCUT2D eigenvalue weighted by Gasteiger charge is 2.19. The molecule has 1 fully saturated rings. The summed E-state index contributed by atoms with van der Waals surface area (Å²) in [6, 6.07) is 7.64. The fourth-order valence-electron chi connectivity index (χ4n) is 4.07. The maximum Gasteiger partial charge on any atom is 0.248 e. The fraction of sp³-hybridized carbons (Fsp3) is 0.296. The molecular weight excluding hydrogens is 529 g/mol. The lowest BCUT2D eigenvalue weighted by Crippen LogP contribution is -2.39. The number of ether oxygens (including phenoxy) is 3. The van der Waals surface area contributed by atoms with Gasteiger partial charge in [-0.05, 0) is 36.5 Å². The van der Waals surface area contributed by atoms with E-state index in [0.717, 1.165) is 0 Å². The predicted molar refractivity (Wildman–Crippen MR) is 145 cm³/mol. The Kier molecular flexibility index (Phi) is 8.52. The van der Waals surface area contributed by atoms with Gasteiger partial charge in [0.1, 0.15) is 36.4 Å². The van der Waals surface area contributed by atoms with Gasteiger partial charge in [-0.25, -0.2) is 14.4 Å². The highest BCUT2D eigenvalue weighted by molar-refractivity contribution is 6.31. The summed E-state index contributed by atoms with van der Waals surface area (Å²) < 4.78 is 30.8. The average molecular weight is 556 g/mol. The monoisotopic (exact) mass is 555 g/mol. The van der Waals surface area contributed by atoms with E-state index < -0.39 is 5.82 Å². The molecule has 3 N–H and O–H groups in total. The van der Waals surface area contributed by atoms with Crippen LogP contribution >= 0.6 is 11.6 Å². The summed E-state index contributed by atoms with van der Waals surface area (Å²) in [6.45, 7) is 2.16. The minimum absolute atomic E-state index is 0.0205. The van der Waals surface area contributed by atoms with E-state index in [1.165, 1.54) is 24.5 Å². The van der Waals surface area contributed by atoms with Gasteiger partial charge >= 0.3 is 0 Å². The zero-order valence-corrected chi connectivity index (χ0v) is 21.6. The van der Waals surface area contributed by atoms with Crippen molar-refractivity contribution >= 4 is 45.6 Å². The number of hydrogen-bond donors (Lipinski definition) is 3. The fourth-order valence-corrected chi connectivity index (χ4v) is 4.25. The quantitative estimate of drug-likeness (QED) is 0.322. The highest BCUT2D eigenvalue weighted by Crippen LogP contribution is 2.34. The molecule has 0 spiro atoms. The zero-order valence-electron chi connectivity index (χ0n) is 20.8. The number of halogens is 2. The summed E-state index contributed by atoms with van der Waals surface area (Å²) in [4.78, 5) is 23.4. The first-order chi connectivity index (χ1) is 19.0. The van der Waals surface area contributed by atoms with Gasteiger partial charge in [0.2, 0.25) is 5.91 Å². The maximum absolute atomic E-state index is 13.6. The lowest BCUT2D eigenvalue weighted by Gasteiger charge is -2.33. The number of amides is 1. The topological polar surface area (TPSA) is 118 Å².